The third-order valence-corrected chi connectivity index (χ3v) is 10.8. The van der Waals surface area contributed by atoms with E-state index in [2.05, 4.69) is 32.8 Å². The summed E-state index contributed by atoms with van der Waals surface area (Å²) in [6.45, 7) is 6.82. The number of aliphatic hydroxyl groups is 1. The zero-order valence-electron chi connectivity index (χ0n) is 30.7. The normalized spacial score (nSPS) is 22.6. The molecule has 1 aromatic rings. The monoisotopic (exact) mass is 715 g/mol. The van der Waals surface area contributed by atoms with Gasteiger partial charge in [-0.1, -0.05) is 6.07 Å². The Balaban J connectivity index is 1.08. The predicted molar refractivity (Wildman–Crippen MR) is 199 cm³/mol. The molecule has 1 saturated carbocycles. The highest BCUT2D eigenvalue weighted by atomic mass is 16.3. The maximum atomic E-state index is 13.6. The topological polar surface area (TPSA) is 175 Å². The van der Waals surface area contributed by atoms with Gasteiger partial charge in [-0.15, -0.1) is 0 Å². The van der Waals surface area contributed by atoms with Crippen molar-refractivity contribution in [3.8, 4) is 0 Å². The molecule has 0 aromatic heterocycles. The number of carbonyl (C=O) groups excluding carboxylic acids is 5. The summed E-state index contributed by atoms with van der Waals surface area (Å²) in [4.78, 5) is 67.3. The van der Waals surface area contributed by atoms with Crippen LogP contribution in [0.3, 0.4) is 0 Å². The molecule has 13 heteroatoms. The van der Waals surface area contributed by atoms with Crippen LogP contribution in [0.15, 0.2) is 53.4 Å². The number of anilines is 1. The lowest BCUT2D eigenvalue weighted by molar-refractivity contribution is -0.121. The van der Waals surface area contributed by atoms with Crippen LogP contribution in [0.25, 0.3) is 0 Å². The molecule has 0 radical (unpaired) electrons. The van der Waals surface area contributed by atoms with E-state index in [0.29, 0.717) is 58.5 Å². The van der Waals surface area contributed by atoms with Gasteiger partial charge in [-0.2, -0.15) is 0 Å². The Morgan fingerprint density at radius 3 is 2.33 bits per heavy atom. The van der Waals surface area contributed by atoms with E-state index >= 15 is 0 Å². The number of benzene rings is 1. The zero-order valence-corrected chi connectivity index (χ0v) is 30.7. The first-order chi connectivity index (χ1) is 24.8. The molecule has 1 aromatic carbocycles. The minimum Gasteiger partial charge on any atom is -0.388 e. The summed E-state index contributed by atoms with van der Waals surface area (Å²) < 4.78 is 0. The van der Waals surface area contributed by atoms with E-state index in [1.54, 1.807) is 38.1 Å². The van der Waals surface area contributed by atoms with Crippen LogP contribution in [0, 0.1) is 17.2 Å². The van der Waals surface area contributed by atoms with Gasteiger partial charge in [0.05, 0.1) is 34.2 Å². The average Bonchev–Trinajstić information content (AvgIpc) is 3.38. The van der Waals surface area contributed by atoms with Gasteiger partial charge in [-0.05, 0) is 102 Å². The number of nitrogens with zero attached hydrogens (tertiary/aromatic N) is 3. The average molecular weight is 716 g/mol. The Morgan fingerprint density at radius 1 is 1.04 bits per heavy atom. The largest absolute Gasteiger partial charge is 0.388 e. The SMILES string of the molecule is CNC(=O)CCC(C=O)N1C(=O)c2cccc(N3CCC(CN(C)CC4CCC(N/C=C5/C=C(NC=O)C(C(C)(C)O)=CC5=N)CC4)CC3)c2C1=O. The number of piperidine rings is 1. The van der Waals surface area contributed by atoms with Gasteiger partial charge >= 0.3 is 0 Å². The number of hydrogen-bond acceptors (Lipinski definition) is 10. The third kappa shape index (κ3) is 8.87. The maximum absolute atomic E-state index is 13.6. The first-order valence-corrected chi connectivity index (χ1v) is 18.4. The number of nitrogens with one attached hydrogen (secondary N) is 4. The smallest absolute Gasteiger partial charge is 0.264 e. The summed E-state index contributed by atoms with van der Waals surface area (Å²) in [6.07, 6.45) is 12.7. The molecule has 280 valence electrons. The van der Waals surface area contributed by atoms with E-state index in [9.17, 15) is 29.1 Å². The van der Waals surface area contributed by atoms with Crippen molar-refractivity contribution in [2.24, 2.45) is 11.8 Å². The van der Waals surface area contributed by atoms with Crippen LogP contribution in [0.4, 0.5) is 5.69 Å². The van der Waals surface area contributed by atoms with Crippen molar-refractivity contribution in [1.29, 1.82) is 5.41 Å². The van der Waals surface area contributed by atoms with Gasteiger partial charge in [-0.3, -0.25) is 24.1 Å². The molecule has 52 heavy (non-hydrogen) atoms. The van der Waals surface area contributed by atoms with Crippen molar-refractivity contribution in [3.63, 3.8) is 0 Å². The Labute approximate surface area is 306 Å². The van der Waals surface area contributed by atoms with Crippen molar-refractivity contribution in [2.75, 3.05) is 45.2 Å². The van der Waals surface area contributed by atoms with Gasteiger partial charge < -0.3 is 41.1 Å². The van der Waals surface area contributed by atoms with Crippen LogP contribution in [0.5, 0.6) is 0 Å². The van der Waals surface area contributed by atoms with Crippen molar-refractivity contribution >= 4 is 41.8 Å². The quantitative estimate of drug-likeness (QED) is 0.135. The molecule has 2 heterocycles. The number of amides is 4. The number of rotatable bonds is 15. The minimum atomic E-state index is -1.19. The number of fused-ring (bicyclic) bond motifs is 1. The molecule has 2 aliphatic carbocycles. The summed E-state index contributed by atoms with van der Waals surface area (Å²) in [6, 6.07) is 4.62. The predicted octanol–water partition coefficient (Wildman–Crippen LogP) is 2.92. The van der Waals surface area contributed by atoms with Crippen molar-refractivity contribution in [1.82, 2.24) is 25.8 Å². The molecule has 0 spiro atoms. The van der Waals surface area contributed by atoms with E-state index in [0.717, 1.165) is 75.3 Å². The van der Waals surface area contributed by atoms with Gasteiger partial charge in [0.1, 0.15) is 6.29 Å². The van der Waals surface area contributed by atoms with Gasteiger partial charge in [0.2, 0.25) is 12.3 Å². The second-order valence-corrected chi connectivity index (χ2v) is 15.1. The van der Waals surface area contributed by atoms with Gasteiger partial charge in [0, 0.05) is 68.7 Å². The summed E-state index contributed by atoms with van der Waals surface area (Å²) >= 11 is 0. The standard InChI is InChI=1S/C39H53N7O6/c1-39(2,52)31-19-32(40)27(18-33(31)43-24-48)20-42-28-10-8-25(9-11-28)21-44(4)22-26-14-16-45(17-15-26)34-7-5-6-30-36(34)38(51)46(37(30)50)29(23-47)12-13-35(49)41-3/h5-7,18-20,23-26,28-29,40,42,52H,8-17,21-22H2,1-4H3,(H,41,49)(H,43,48)/b27-20-,40-32?. The number of imide groups is 1. The summed E-state index contributed by atoms with van der Waals surface area (Å²) in [7, 11) is 3.70. The van der Waals surface area contributed by atoms with Crippen LogP contribution in [-0.4, -0.2) is 109 Å². The number of aldehydes is 1. The lowest BCUT2D eigenvalue weighted by Crippen LogP contribution is -2.42. The molecule has 5 rings (SSSR count). The van der Waals surface area contributed by atoms with Crippen molar-refractivity contribution in [3.05, 3.63) is 64.5 Å². The molecule has 2 fully saturated rings. The van der Waals surface area contributed by atoms with Crippen LogP contribution in [-0.2, 0) is 14.4 Å². The number of hydrogen-bond donors (Lipinski definition) is 5. The lowest BCUT2D eigenvalue weighted by Gasteiger charge is -2.37. The lowest BCUT2D eigenvalue weighted by atomic mass is 9.85. The summed E-state index contributed by atoms with van der Waals surface area (Å²) in [5.74, 6) is -0.0949. The van der Waals surface area contributed by atoms with Gasteiger partial charge in [0.15, 0.2) is 0 Å². The Hall–Kier alpha value is -4.62. The summed E-state index contributed by atoms with van der Waals surface area (Å²) in [5, 5.41) is 27.6. The van der Waals surface area contributed by atoms with Gasteiger partial charge in [0.25, 0.3) is 11.8 Å². The Kier molecular flexibility index (Phi) is 12.5. The van der Waals surface area contributed by atoms with Crippen LogP contribution in [0.1, 0.15) is 85.9 Å². The highest BCUT2D eigenvalue weighted by Crippen LogP contribution is 2.36. The third-order valence-electron chi connectivity index (χ3n) is 10.8. The Morgan fingerprint density at radius 2 is 1.71 bits per heavy atom. The fourth-order valence-corrected chi connectivity index (χ4v) is 7.97. The Bertz CT molecular complexity index is 1640. The molecule has 5 N–H and O–H groups in total. The first-order valence-electron chi connectivity index (χ1n) is 18.4. The highest BCUT2D eigenvalue weighted by Gasteiger charge is 2.42. The van der Waals surface area contributed by atoms with Crippen molar-refractivity contribution in [2.45, 2.75) is 82.9 Å². The number of carbonyl (C=O) groups is 5. The van der Waals surface area contributed by atoms with E-state index < -0.39 is 23.5 Å². The molecular formula is C39H53N7O6. The second-order valence-electron chi connectivity index (χ2n) is 15.1. The molecule has 1 saturated heterocycles. The molecular weight excluding hydrogens is 662 g/mol. The zero-order chi connectivity index (χ0) is 37.6. The minimum absolute atomic E-state index is 0.0405. The molecule has 1 atom stereocenters. The van der Waals surface area contributed by atoms with E-state index in [4.69, 9.17) is 5.41 Å². The second kappa shape index (κ2) is 16.8. The maximum Gasteiger partial charge on any atom is 0.264 e. The first kappa shape index (κ1) is 38.6. The fourth-order valence-electron chi connectivity index (χ4n) is 7.97. The molecule has 4 aliphatic rings. The van der Waals surface area contributed by atoms with E-state index in [-0.39, 0.29) is 24.5 Å². The molecule has 1 unspecified atom stereocenters. The molecule has 13 nitrogen and oxygen atoms in total. The fraction of sp³-hybridized carbons (Fsp3) is 0.538. The molecule has 4 amide bonds. The van der Waals surface area contributed by atoms with E-state index in [1.807, 2.05) is 12.3 Å². The molecule has 2 aliphatic heterocycles. The number of allylic oxidation sites excluding steroid dienone is 3. The van der Waals surface area contributed by atoms with Crippen molar-refractivity contribution < 1.29 is 29.1 Å². The van der Waals surface area contributed by atoms with Crippen LogP contribution >= 0.6 is 0 Å². The highest BCUT2D eigenvalue weighted by molar-refractivity contribution is 6.24. The van der Waals surface area contributed by atoms with E-state index in [1.165, 1.54) is 7.05 Å². The van der Waals surface area contributed by atoms with Crippen LogP contribution in [0.2, 0.25) is 0 Å². The van der Waals surface area contributed by atoms with Crippen LogP contribution < -0.4 is 20.9 Å². The molecule has 0 bridgehead atoms. The van der Waals surface area contributed by atoms with Gasteiger partial charge in [-0.25, -0.2) is 0 Å². The summed E-state index contributed by atoms with van der Waals surface area (Å²) in [5.41, 5.74) is 2.13.